The number of nitrogens with zero attached hydrogens (tertiary/aromatic N) is 5. The van der Waals surface area contributed by atoms with Gasteiger partial charge in [-0.25, -0.2) is 8.78 Å². The summed E-state index contributed by atoms with van der Waals surface area (Å²) in [6.07, 6.45) is 2.28. The van der Waals surface area contributed by atoms with E-state index in [0.29, 0.717) is 29.4 Å². The minimum Gasteiger partial charge on any atom is -0.502 e. The summed E-state index contributed by atoms with van der Waals surface area (Å²) in [5.74, 6) is 1.82. The Morgan fingerprint density at radius 2 is 1.89 bits per heavy atom. The number of amides is 1. The SMILES string of the molecule is C=S1(=O)CCC2(CC1)N(C)C(=O)c1c(O)c(=O)c(-c3nnc(Cc4ccc(F)cc4F)s3)cn1N2C. The van der Waals surface area contributed by atoms with E-state index in [1.807, 2.05) is 0 Å². The molecule has 5 rings (SSSR count). The highest BCUT2D eigenvalue weighted by atomic mass is 32.2. The average Bonchev–Trinajstić information content (AvgIpc) is 3.29. The van der Waals surface area contributed by atoms with Crippen molar-refractivity contribution in [3.8, 4) is 16.3 Å². The largest absolute Gasteiger partial charge is 0.502 e. The Labute approximate surface area is 209 Å². The molecule has 2 aliphatic heterocycles. The average molecular weight is 536 g/mol. The molecule has 1 spiro atoms. The van der Waals surface area contributed by atoms with E-state index in [-0.39, 0.29) is 28.2 Å². The van der Waals surface area contributed by atoms with Crippen LogP contribution in [0.4, 0.5) is 8.78 Å². The van der Waals surface area contributed by atoms with Gasteiger partial charge in [0.05, 0.1) is 5.56 Å². The maximum atomic E-state index is 14.1. The highest BCUT2D eigenvalue weighted by molar-refractivity contribution is 8.00. The molecule has 13 heteroatoms. The van der Waals surface area contributed by atoms with Crippen LogP contribution in [0.15, 0.2) is 29.2 Å². The van der Waals surface area contributed by atoms with E-state index >= 15 is 0 Å². The van der Waals surface area contributed by atoms with Gasteiger partial charge in [0.1, 0.15) is 22.3 Å². The summed E-state index contributed by atoms with van der Waals surface area (Å²) in [7, 11) is 1.10. The number of hydrogen-bond acceptors (Lipinski definition) is 8. The molecular formula is C23H23F2N5O4S2. The molecule has 0 aliphatic carbocycles. The minimum absolute atomic E-state index is 0.0238. The third-order valence-corrected chi connectivity index (χ3v) is 9.88. The number of benzene rings is 1. The molecule has 0 saturated carbocycles. The monoisotopic (exact) mass is 535 g/mol. The minimum atomic E-state index is -2.23. The first-order valence-electron chi connectivity index (χ1n) is 11.0. The molecule has 1 N–H and O–H groups in total. The summed E-state index contributed by atoms with van der Waals surface area (Å²) in [4.78, 5) is 27.8. The van der Waals surface area contributed by atoms with Crippen molar-refractivity contribution < 1.29 is 22.9 Å². The summed E-state index contributed by atoms with van der Waals surface area (Å²) >= 11 is 1.03. The van der Waals surface area contributed by atoms with Gasteiger partial charge in [0.2, 0.25) is 5.43 Å². The second-order valence-corrected chi connectivity index (χ2v) is 12.9. The lowest BCUT2D eigenvalue weighted by Gasteiger charge is -2.55. The third-order valence-electron chi connectivity index (χ3n) is 7.02. The van der Waals surface area contributed by atoms with Crippen molar-refractivity contribution in [2.24, 2.45) is 0 Å². The molecule has 3 aromatic rings. The standard InChI is InChI=1S/C23H23F2N5O4S2/c1-28-22(33)18-20(32)19(31)15(12-30(18)29(2)23(28)6-8-36(3,34)9-7-23)21-27-26-17(35-21)10-13-4-5-14(24)11-16(13)25/h4-5,11-12,32H,3,6-10H2,1-2H3. The van der Waals surface area contributed by atoms with Crippen LogP contribution in [0.1, 0.15) is 33.9 Å². The van der Waals surface area contributed by atoms with E-state index in [0.717, 1.165) is 23.5 Å². The number of carbonyl (C=O) groups is 1. The van der Waals surface area contributed by atoms with Gasteiger partial charge in [-0.3, -0.25) is 23.5 Å². The van der Waals surface area contributed by atoms with Gasteiger partial charge in [0, 0.05) is 57.1 Å². The van der Waals surface area contributed by atoms with E-state index in [4.69, 9.17) is 0 Å². The Morgan fingerprint density at radius 3 is 2.56 bits per heavy atom. The summed E-state index contributed by atoms with van der Waals surface area (Å²) in [5, 5.41) is 21.2. The number of halogens is 2. The normalized spacial score (nSPS) is 23.8. The highest BCUT2D eigenvalue weighted by Gasteiger charge is 2.50. The zero-order valence-corrected chi connectivity index (χ0v) is 21.2. The Bertz CT molecular complexity index is 1550. The van der Waals surface area contributed by atoms with Crippen molar-refractivity contribution in [1.29, 1.82) is 0 Å². The summed E-state index contributed by atoms with van der Waals surface area (Å²) in [5.41, 5.74) is -1.53. The molecule has 0 radical (unpaired) electrons. The molecule has 36 heavy (non-hydrogen) atoms. The van der Waals surface area contributed by atoms with E-state index in [2.05, 4.69) is 16.1 Å². The lowest BCUT2D eigenvalue weighted by Crippen LogP contribution is -2.70. The molecule has 0 bridgehead atoms. The van der Waals surface area contributed by atoms with Gasteiger partial charge in [-0.15, -0.1) is 10.2 Å². The van der Waals surface area contributed by atoms with Gasteiger partial charge in [0.25, 0.3) is 5.91 Å². The lowest BCUT2D eigenvalue weighted by atomic mass is 9.98. The van der Waals surface area contributed by atoms with Gasteiger partial charge < -0.3 is 10.0 Å². The Hall–Kier alpha value is -3.32. The van der Waals surface area contributed by atoms with Crippen molar-refractivity contribution in [2.45, 2.75) is 24.9 Å². The van der Waals surface area contributed by atoms with Crippen molar-refractivity contribution in [3.63, 3.8) is 0 Å². The molecule has 1 amide bonds. The fraction of sp³-hybridized carbons (Fsp3) is 0.348. The van der Waals surface area contributed by atoms with Gasteiger partial charge in [-0.05, 0) is 27.0 Å². The first kappa shape index (κ1) is 24.4. The summed E-state index contributed by atoms with van der Waals surface area (Å²) in [6.45, 7) is 0. The number of aromatic hydroxyl groups is 1. The first-order valence-corrected chi connectivity index (χ1v) is 13.9. The van der Waals surface area contributed by atoms with Crippen LogP contribution in [0.5, 0.6) is 5.75 Å². The van der Waals surface area contributed by atoms with Crippen molar-refractivity contribution >= 4 is 32.6 Å². The molecular weight excluding hydrogens is 512 g/mol. The fourth-order valence-corrected chi connectivity index (χ4v) is 7.26. The van der Waals surface area contributed by atoms with Crippen LogP contribution in [-0.4, -0.2) is 72.1 Å². The van der Waals surface area contributed by atoms with E-state index in [9.17, 15) is 27.7 Å². The Kier molecular flexibility index (Phi) is 5.67. The molecule has 0 unspecified atom stereocenters. The number of rotatable bonds is 3. The second-order valence-electron chi connectivity index (χ2n) is 9.07. The first-order chi connectivity index (χ1) is 16.9. The number of pyridine rings is 1. The maximum Gasteiger partial charge on any atom is 0.278 e. The van der Waals surface area contributed by atoms with Crippen molar-refractivity contribution in [1.82, 2.24) is 19.8 Å². The van der Waals surface area contributed by atoms with Crippen molar-refractivity contribution in [3.05, 3.63) is 62.5 Å². The van der Waals surface area contributed by atoms with Crippen LogP contribution in [0.2, 0.25) is 0 Å². The molecule has 0 atom stereocenters. The lowest BCUT2D eigenvalue weighted by molar-refractivity contribution is 0.0351. The van der Waals surface area contributed by atoms with Crippen LogP contribution < -0.4 is 10.4 Å². The maximum absolute atomic E-state index is 14.1. The molecule has 1 fully saturated rings. The van der Waals surface area contributed by atoms with Gasteiger partial charge in [0.15, 0.2) is 16.5 Å². The summed E-state index contributed by atoms with van der Waals surface area (Å²) < 4.78 is 41.2. The second kappa shape index (κ2) is 8.37. The molecule has 2 aromatic heterocycles. The number of aromatic nitrogens is 3. The predicted molar refractivity (Wildman–Crippen MR) is 134 cm³/mol. The van der Waals surface area contributed by atoms with Crippen LogP contribution in [0.3, 0.4) is 0 Å². The zero-order valence-electron chi connectivity index (χ0n) is 19.5. The molecule has 9 nitrogen and oxygen atoms in total. The zero-order chi connectivity index (χ0) is 26.0. The topological polar surface area (TPSA) is 109 Å². The van der Waals surface area contributed by atoms with Crippen LogP contribution >= 0.6 is 11.3 Å². The molecule has 1 aromatic carbocycles. The van der Waals surface area contributed by atoms with Gasteiger partial charge in [-0.2, -0.15) is 0 Å². The predicted octanol–water partition coefficient (Wildman–Crippen LogP) is 1.80. The van der Waals surface area contributed by atoms with Crippen LogP contribution in [0, 0.1) is 11.6 Å². The van der Waals surface area contributed by atoms with Crippen molar-refractivity contribution in [2.75, 3.05) is 30.6 Å². The number of hydrogen-bond donors (Lipinski definition) is 1. The number of carbonyl (C=O) groups excluding carboxylic acids is 1. The van der Waals surface area contributed by atoms with E-state index in [1.165, 1.54) is 21.8 Å². The number of fused-ring (bicyclic) bond motifs is 1. The van der Waals surface area contributed by atoms with Crippen LogP contribution in [0.25, 0.3) is 10.6 Å². The third kappa shape index (κ3) is 3.77. The summed E-state index contributed by atoms with van der Waals surface area (Å²) in [6, 6.07) is 3.24. The fourth-order valence-electron chi connectivity index (χ4n) is 4.79. The highest BCUT2D eigenvalue weighted by Crippen LogP contribution is 2.38. The molecule has 1 saturated heterocycles. The van der Waals surface area contributed by atoms with Gasteiger partial charge in [-0.1, -0.05) is 17.4 Å². The molecule has 2 aliphatic rings. The molecule has 190 valence electrons. The Morgan fingerprint density at radius 1 is 1.19 bits per heavy atom. The van der Waals surface area contributed by atoms with E-state index in [1.54, 1.807) is 19.1 Å². The van der Waals surface area contributed by atoms with Gasteiger partial charge >= 0.3 is 0 Å². The quantitative estimate of drug-likeness (QED) is 0.510. The molecule has 4 heterocycles. The smallest absolute Gasteiger partial charge is 0.278 e. The Balaban J connectivity index is 1.55. The van der Waals surface area contributed by atoms with E-state index < -0.39 is 43.9 Å². The van der Waals surface area contributed by atoms with Crippen LogP contribution in [-0.2, 0) is 15.9 Å².